The number of rotatable bonds is 4. The summed E-state index contributed by atoms with van der Waals surface area (Å²) >= 11 is 0. The third-order valence-electron chi connectivity index (χ3n) is 2.71. The fourth-order valence-corrected chi connectivity index (χ4v) is 6.98. The molecule has 2 nitrogen and oxygen atoms in total. The van der Waals surface area contributed by atoms with E-state index in [1.54, 1.807) is 0 Å². The maximum absolute atomic E-state index is 11.2. The molecule has 0 saturated carbocycles. The zero-order chi connectivity index (χ0) is 11.5. The van der Waals surface area contributed by atoms with Crippen molar-refractivity contribution in [3.8, 4) is 0 Å². The summed E-state index contributed by atoms with van der Waals surface area (Å²) in [5.74, 6) is -0.130. The predicted octanol–water partition coefficient (Wildman–Crippen LogP) is 3.71. The van der Waals surface area contributed by atoms with Crippen molar-refractivity contribution >= 4 is 13.5 Å². The van der Waals surface area contributed by atoms with E-state index in [0.29, 0.717) is 17.0 Å². The van der Waals surface area contributed by atoms with E-state index in [9.17, 15) is 4.79 Å². The highest BCUT2D eigenvalue weighted by molar-refractivity contribution is 7.73. The Morgan fingerprint density at radius 3 is 1.29 bits per heavy atom. The summed E-state index contributed by atoms with van der Waals surface area (Å²) in [4.78, 5) is 11.2. The van der Waals surface area contributed by atoms with E-state index in [2.05, 4.69) is 41.5 Å². The fourth-order valence-electron chi connectivity index (χ4n) is 2.33. The van der Waals surface area contributed by atoms with Crippen molar-refractivity contribution in [2.45, 2.75) is 65.4 Å². The summed E-state index contributed by atoms with van der Waals surface area (Å²) in [6.45, 7) is 14.5. The van der Waals surface area contributed by atoms with E-state index in [1.165, 1.54) is 6.92 Å². The molecule has 0 bridgehead atoms. The van der Waals surface area contributed by atoms with Gasteiger partial charge in [0.05, 0.1) is 17.0 Å². The van der Waals surface area contributed by atoms with Crippen LogP contribution in [-0.2, 0) is 9.32 Å². The van der Waals surface area contributed by atoms with Gasteiger partial charge in [-0.15, -0.1) is 0 Å². The largest absolute Gasteiger partial charge is 0.346 e. The molecule has 0 heterocycles. The van der Waals surface area contributed by atoms with Crippen LogP contribution < -0.4 is 0 Å². The van der Waals surface area contributed by atoms with Crippen molar-refractivity contribution in [3.63, 3.8) is 0 Å². The normalized spacial score (nSPS) is 12.7. The van der Waals surface area contributed by atoms with Crippen LogP contribution in [0.2, 0.25) is 0 Å². The van der Waals surface area contributed by atoms with Crippen molar-refractivity contribution in [2.75, 3.05) is 0 Å². The molecule has 0 aliphatic heterocycles. The Hall–Kier alpha value is -0.100. The molecule has 0 atom stereocenters. The minimum Gasteiger partial charge on any atom is -0.313 e. The number of hydrogen-bond donors (Lipinski definition) is 0. The molecule has 0 radical (unpaired) electrons. The van der Waals surface area contributed by atoms with Gasteiger partial charge in [0.2, 0.25) is 7.49 Å². The standard InChI is InChI=1S/C11H24O2P/c1-8(2)14(9(3)4,10(5)6)13-11(7)12/h8-10H,1-7H3/q+1. The first-order valence-corrected chi connectivity index (χ1v) is 7.24. The summed E-state index contributed by atoms with van der Waals surface area (Å²) in [7, 11) is -1.62. The summed E-state index contributed by atoms with van der Waals surface area (Å²) in [6, 6.07) is 0. The van der Waals surface area contributed by atoms with Gasteiger partial charge in [-0.3, -0.25) is 0 Å². The molecule has 0 amide bonds. The molecule has 0 unspecified atom stereocenters. The van der Waals surface area contributed by atoms with Crippen molar-refractivity contribution in [3.05, 3.63) is 0 Å². The first-order valence-electron chi connectivity index (χ1n) is 5.33. The summed E-state index contributed by atoms with van der Waals surface area (Å²) in [5.41, 5.74) is 1.35. The molecule has 3 heteroatoms. The van der Waals surface area contributed by atoms with Crippen LogP contribution in [-0.4, -0.2) is 22.9 Å². The molecule has 0 aromatic carbocycles. The molecule has 0 rings (SSSR count). The van der Waals surface area contributed by atoms with Gasteiger partial charge >= 0.3 is 5.97 Å². The third-order valence-corrected chi connectivity index (χ3v) is 8.12. The predicted molar refractivity (Wildman–Crippen MR) is 64.1 cm³/mol. The van der Waals surface area contributed by atoms with Crippen LogP contribution in [0.4, 0.5) is 0 Å². The SMILES string of the molecule is CC(=O)O[P+](C(C)C)(C(C)C)C(C)C. The number of carbonyl (C=O) groups excluding carboxylic acids is 1. The Morgan fingerprint density at radius 2 is 1.21 bits per heavy atom. The van der Waals surface area contributed by atoms with Crippen LogP contribution in [0.1, 0.15) is 48.5 Å². The third kappa shape index (κ3) is 2.70. The van der Waals surface area contributed by atoms with Gasteiger partial charge in [0.1, 0.15) is 0 Å². The van der Waals surface area contributed by atoms with Crippen LogP contribution in [0.5, 0.6) is 0 Å². The molecule has 14 heavy (non-hydrogen) atoms. The Kier molecular flexibility index (Phi) is 5.08. The first-order chi connectivity index (χ1) is 6.25. The molecule has 84 valence electrons. The van der Waals surface area contributed by atoms with Gasteiger partial charge in [-0.25, -0.2) is 4.79 Å². The van der Waals surface area contributed by atoms with E-state index < -0.39 is 7.49 Å². The lowest BCUT2D eigenvalue weighted by Gasteiger charge is -2.34. The van der Waals surface area contributed by atoms with Gasteiger partial charge in [-0.05, 0) is 41.5 Å². The monoisotopic (exact) mass is 219 g/mol. The van der Waals surface area contributed by atoms with E-state index in [-0.39, 0.29) is 5.97 Å². The molecular formula is C11H24O2P+. The van der Waals surface area contributed by atoms with E-state index in [0.717, 1.165) is 0 Å². The van der Waals surface area contributed by atoms with Gasteiger partial charge in [-0.2, -0.15) is 0 Å². The van der Waals surface area contributed by atoms with Crippen LogP contribution in [0.15, 0.2) is 0 Å². The summed E-state index contributed by atoms with van der Waals surface area (Å²) in [5, 5.41) is 0. The smallest absolute Gasteiger partial charge is 0.313 e. The van der Waals surface area contributed by atoms with E-state index >= 15 is 0 Å². The molecular weight excluding hydrogens is 195 g/mol. The second-order valence-electron chi connectivity index (χ2n) is 4.63. The van der Waals surface area contributed by atoms with Gasteiger partial charge in [-0.1, -0.05) is 0 Å². The molecule has 0 aliphatic carbocycles. The van der Waals surface area contributed by atoms with Crippen molar-refractivity contribution < 1.29 is 9.32 Å². The zero-order valence-electron chi connectivity index (χ0n) is 10.5. The van der Waals surface area contributed by atoms with Gasteiger partial charge < -0.3 is 4.52 Å². The first kappa shape index (κ1) is 13.9. The maximum Gasteiger partial charge on any atom is 0.346 e. The molecule has 0 spiro atoms. The highest BCUT2D eigenvalue weighted by Gasteiger charge is 2.52. The maximum atomic E-state index is 11.2. The Bertz CT molecular complexity index is 176. The van der Waals surface area contributed by atoms with Crippen molar-refractivity contribution in [1.82, 2.24) is 0 Å². The zero-order valence-corrected chi connectivity index (χ0v) is 11.4. The van der Waals surface area contributed by atoms with Crippen LogP contribution in [0.3, 0.4) is 0 Å². The van der Waals surface area contributed by atoms with Crippen LogP contribution >= 0.6 is 7.49 Å². The molecule has 0 aromatic heterocycles. The Labute approximate surface area is 88.8 Å². The second-order valence-corrected chi connectivity index (χ2v) is 9.44. The average Bonchev–Trinajstić information content (AvgIpc) is 1.97. The lowest BCUT2D eigenvalue weighted by molar-refractivity contribution is -0.131. The molecule has 0 N–H and O–H groups in total. The molecule has 0 aliphatic rings. The van der Waals surface area contributed by atoms with Crippen LogP contribution in [0, 0.1) is 0 Å². The van der Waals surface area contributed by atoms with Crippen molar-refractivity contribution in [2.24, 2.45) is 0 Å². The van der Waals surface area contributed by atoms with Gasteiger partial charge in [0.15, 0.2) is 0 Å². The van der Waals surface area contributed by atoms with Gasteiger partial charge in [0.25, 0.3) is 0 Å². The average molecular weight is 219 g/mol. The van der Waals surface area contributed by atoms with E-state index in [4.69, 9.17) is 4.52 Å². The molecule has 0 fully saturated rings. The van der Waals surface area contributed by atoms with Gasteiger partial charge in [0, 0.05) is 6.92 Å². The minimum atomic E-state index is -1.62. The Balaban J connectivity index is 5.05. The summed E-state index contributed by atoms with van der Waals surface area (Å²) in [6.07, 6.45) is 0. The topological polar surface area (TPSA) is 26.3 Å². The molecule has 0 saturated heterocycles. The minimum absolute atomic E-state index is 0.130. The lowest BCUT2D eigenvalue weighted by atomic mass is 10.5. The lowest BCUT2D eigenvalue weighted by Crippen LogP contribution is -2.26. The number of carbonyl (C=O) groups is 1. The van der Waals surface area contributed by atoms with Crippen molar-refractivity contribution in [1.29, 1.82) is 0 Å². The second kappa shape index (κ2) is 5.11. The molecule has 0 aromatic rings. The van der Waals surface area contributed by atoms with E-state index in [1.807, 2.05) is 0 Å². The number of hydrogen-bond acceptors (Lipinski definition) is 2. The fraction of sp³-hybridized carbons (Fsp3) is 0.909. The summed E-state index contributed by atoms with van der Waals surface area (Å²) < 4.78 is 5.69. The Morgan fingerprint density at radius 1 is 0.929 bits per heavy atom. The highest BCUT2D eigenvalue weighted by Crippen LogP contribution is 2.70. The quantitative estimate of drug-likeness (QED) is 0.674. The highest BCUT2D eigenvalue weighted by atomic mass is 31.2. The van der Waals surface area contributed by atoms with Crippen LogP contribution in [0.25, 0.3) is 0 Å².